The van der Waals surface area contributed by atoms with Crippen molar-refractivity contribution in [2.24, 2.45) is 0 Å². The lowest BCUT2D eigenvalue weighted by molar-refractivity contribution is 0.299. The Labute approximate surface area is 174 Å². The second kappa shape index (κ2) is 7.72. The van der Waals surface area contributed by atoms with E-state index in [1.807, 2.05) is 29.2 Å². The Hall–Kier alpha value is -2.79. The standard InChI is InChI=1S/C20H16F5N3O2S/c1-11-10-27(14-4-2-3-12-9-26-6-5-13(12)14)7-8-28(11)31(29,30)20-18(24)16(22)15(21)17(23)19(20)25/h2-6,9,11H,7-8,10H2,1H3. The number of aromatic nitrogens is 1. The normalized spacial score (nSPS) is 18.0. The van der Waals surface area contributed by atoms with Crippen LogP contribution < -0.4 is 4.90 Å². The van der Waals surface area contributed by atoms with Crippen molar-refractivity contribution >= 4 is 26.5 Å². The summed E-state index contributed by atoms with van der Waals surface area (Å²) in [4.78, 5) is 4.13. The van der Waals surface area contributed by atoms with Crippen LogP contribution in [0, 0.1) is 29.1 Å². The quantitative estimate of drug-likeness (QED) is 0.341. The molecule has 1 aromatic heterocycles. The molecule has 0 radical (unpaired) electrons. The summed E-state index contributed by atoms with van der Waals surface area (Å²) in [6.45, 7) is 1.60. The van der Waals surface area contributed by atoms with Gasteiger partial charge in [-0.15, -0.1) is 0 Å². The molecule has 1 aliphatic rings. The molecule has 3 aromatic rings. The highest BCUT2D eigenvalue weighted by Gasteiger charge is 2.40. The summed E-state index contributed by atoms with van der Waals surface area (Å²) in [5.74, 6) is -11.7. The third kappa shape index (κ3) is 3.41. The molecule has 1 aliphatic heterocycles. The highest BCUT2D eigenvalue weighted by atomic mass is 32.2. The molecule has 1 fully saturated rings. The molecule has 1 unspecified atom stereocenters. The Kier molecular flexibility index (Phi) is 5.34. The van der Waals surface area contributed by atoms with Crippen molar-refractivity contribution in [1.82, 2.24) is 9.29 Å². The summed E-state index contributed by atoms with van der Waals surface area (Å²) in [5.41, 5.74) is 0.819. The van der Waals surface area contributed by atoms with E-state index >= 15 is 0 Å². The van der Waals surface area contributed by atoms with Crippen molar-refractivity contribution in [2.75, 3.05) is 24.5 Å². The summed E-state index contributed by atoms with van der Waals surface area (Å²) in [5, 5.41) is 1.77. The zero-order valence-electron chi connectivity index (χ0n) is 16.1. The van der Waals surface area contributed by atoms with Crippen LogP contribution in [0.4, 0.5) is 27.6 Å². The number of piperazine rings is 1. The Bertz CT molecular complexity index is 1250. The van der Waals surface area contributed by atoms with Crippen LogP contribution >= 0.6 is 0 Å². The van der Waals surface area contributed by atoms with Crippen LogP contribution in [0.25, 0.3) is 10.8 Å². The number of pyridine rings is 1. The van der Waals surface area contributed by atoms with Gasteiger partial charge in [-0.2, -0.15) is 4.31 Å². The first kappa shape index (κ1) is 21.4. The smallest absolute Gasteiger partial charge is 0.249 e. The third-order valence-corrected chi connectivity index (χ3v) is 7.34. The van der Waals surface area contributed by atoms with E-state index in [1.54, 1.807) is 12.4 Å². The van der Waals surface area contributed by atoms with E-state index in [0.717, 1.165) is 20.8 Å². The molecule has 0 spiro atoms. The van der Waals surface area contributed by atoms with Crippen molar-refractivity contribution < 1.29 is 30.4 Å². The first-order chi connectivity index (χ1) is 14.6. The van der Waals surface area contributed by atoms with Gasteiger partial charge in [0.15, 0.2) is 28.2 Å². The predicted molar refractivity (Wildman–Crippen MR) is 104 cm³/mol. The van der Waals surface area contributed by atoms with Crippen LogP contribution in [0.2, 0.25) is 0 Å². The molecule has 11 heteroatoms. The molecule has 0 amide bonds. The second-order valence-corrected chi connectivity index (χ2v) is 9.01. The molecule has 0 bridgehead atoms. The minimum atomic E-state index is -4.98. The highest BCUT2D eigenvalue weighted by molar-refractivity contribution is 7.89. The van der Waals surface area contributed by atoms with E-state index in [9.17, 15) is 30.4 Å². The van der Waals surface area contributed by atoms with E-state index < -0.39 is 50.0 Å². The van der Waals surface area contributed by atoms with Crippen LogP contribution in [0.1, 0.15) is 6.92 Å². The first-order valence-electron chi connectivity index (χ1n) is 9.25. The largest absolute Gasteiger partial charge is 0.368 e. The van der Waals surface area contributed by atoms with Crippen LogP contribution in [-0.2, 0) is 10.0 Å². The maximum Gasteiger partial charge on any atom is 0.249 e. The van der Waals surface area contributed by atoms with Crippen LogP contribution in [0.15, 0.2) is 41.6 Å². The predicted octanol–water partition coefficient (Wildman–Crippen LogP) is 3.83. The number of benzene rings is 2. The molecule has 4 rings (SSSR count). The van der Waals surface area contributed by atoms with Gasteiger partial charge in [0.2, 0.25) is 15.8 Å². The topological polar surface area (TPSA) is 53.5 Å². The van der Waals surface area contributed by atoms with Gasteiger partial charge < -0.3 is 4.90 Å². The van der Waals surface area contributed by atoms with Gasteiger partial charge in [0.1, 0.15) is 0 Å². The van der Waals surface area contributed by atoms with Gasteiger partial charge in [-0.1, -0.05) is 12.1 Å². The molecule has 164 valence electrons. The zero-order chi connectivity index (χ0) is 22.5. The summed E-state index contributed by atoms with van der Waals surface area (Å²) in [6, 6.07) is 6.56. The lowest BCUT2D eigenvalue weighted by Crippen LogP contribution is -2.54. The van der Waals surface area contributed by atoms with Crippen molar-refractivity contribution in [3.63, 3.8) is 0 Å². The number of nitrogens with zero attached hydrogens (tertiary/aromatic N) is 3. The number of anilines is 1. The van der Waals surface area contributed by atoms with Crippen LogP contribution in [0.3, 0.4) is 0 Å². The molecule has 0 saturated carbocycles. The highest BCUT2D eigenvalue weighted by Crippen LogP contribution is 2.33. The Morgan fingerprint density at radius 3 is 2.23 bits per heavy atom. The fourth-order valence-corrected chi connectivity index (χ4v) is 5.56. The molecule has 2 aromatic carbocycles. The monoisotopic (exact) mass is 457 g/mol. The maximum atomic E-state index is 14.2. The van der Waals surface area contributed by atoms with Gasteiger partial charge in [0.05, 0.1) is 0 Å². The lowest BCUT2D eigenvalue weighted by Gasteiger charge is -2.40. The fraction of sp³-hybridized carbons (Fsp3) is 0.250. The SMILES string of the molecule is CC1CN(c2cccc3cnccc23)CCN1S(=O)(=O)c1c(F)c(F)c(F)c(F)c1F. The Morgan fingerprint density at radius 1 is 0.935 bits per heavy atom. The van der Waals surface area contributed by atoms with Crippen molar-refractivity contribution in [2.45, 2.75) is 17.9 Å². The lowest BCUT2D eigenvalue weighted by atomic mass is 10.1. The Balaban J connectivity index is 1.68. The van der Waals surface area contributed by atoms with Gasteiger partial charge in [0, 0.05) is 54.5 Å². The molecular formula is C20H16F5N3O2S. The van der Waals surface area contributed by atoms with Gasteiger partial charge in [-0.25, -0.2) is 30.4 Å². The first-order valence-corrected chi connectivity index (χ1v) is 10.7. The number of sulfonamides is 1. The molecule has 2 heterocycles. The molecule has 1 atom stereocenters. The summed E-state index contributed by atoms with van der Waals surface area (Å²) >= 11 is 0. The number of hydrogen-bond acceptors (Lipinski definition) is 4. The fourth-order valence-electron chi connectivity index (χ4n) is 3.83. The van der Waals surface area contributed by atoms with Crippen molar-refractivity contribution in [3.8, 4) is 0 Å². The van der Waals surface area contributed by atoms with Crippen molar-refractivity contribution in [1.29, 1.82) is 0 Å². The minimum Gasteiger partial charge on any atom is -0.368 e. The molecule has 1 saturated heterocycles. The van der Waals surface area contributed by atoms with Gasteiger partial charge >= 0.3 is 0 Å². The summed E-state index contributed by atoms with van der Waals surface area (Å²) in [7, 11) is -4.98. The van der Waals surface area contributed by atoms with E-state index in [1.165, 1.54) is 6.92 Å². The van der Waals surface area contributed by atoms with Crippen LogP contribution in [0.5, 0.6) is 0 Å². The molecular weight excluding hydrogens is 441 g/mol. The average Bonchev–Trinajstić information content (AvgIpc) is 2.75. The third-order valence-electron chi connectivity index (χ3n) is 5.30. The maximum absolute atomic E-state index is 14.2. The van der Waals surface area contributed by atoms with E-state index in [4.69, 9.17) is 0 Å². The summed E-state index contributed by atoms with van der Waals surface area (Å²) < 4.78 is 95.3. The van der Waals surface area contributed by atoms with Gasteiger partial charge in [-0.3, -0.25) is 4.98 Å². The molecule has 5 nitrogen and oxygen atoms in total. The van der Waals surface area contributed by atoms with E-state index in [-0.39, 0.29) is 19.6 Å². The van der Waals surface area contributed by atoms with Gasteiger partial charge in [-0.05, 0) is 19.1 Å². The molecule has 31 heavy (non-hydrogen) atoms. The van der Waals surface area contributed by atoms with E-state index in [2.05, 4.69) is 4.98 Å². The van der Waals surface area contributed by atoms with Crippen LogP contribution in [-0.4, -0.2) is 43.4 Å². The number of hydrogen-bond donors (Lipinski definition) is 0. The minimum absolute atomic E-state index is 0.149. The van der Waals surface area contributed by atoms with E-state index in [0.29, 0.717) is 0 Å². The number of halogens is 5. The van der Waals surface area contributed by atoms with Gasteiger partial charge in [0.25, 0.3) is 0 Å². The second-order valence-electron chi connectivity index (χ2n) is 7.18. The zero-order valence-corrected chi connectivity index (χ0v) is 16.9. The number of fused-ring (bicyclic) bond motifs is 1. The number of rotatable bonds is 3. The summed E-state index contributed by atoms with van der Waals surface area (Å²) in [6.07, 6.45) is 3.31. The molecule has 0 aliphatic carbocycles. The average molecular weight is 457 g/mol. The van der Waals surface area contributed by atoms with Crippen molar-refractivity contribution in [3.05, 3.63) is 65.7 Å². The molecule has 0 N–H and O–H groups in total. The Morgan fingerprint density at radius 2 is 1.58 bits per heavy atom.